The van der Waals surface area contributed by atoms with Crippen molar-refractivity contribution in [3.63, 3.8) is 0 Å². The minimum absolute atomic E-state index is 0.150. The number of ether oxygens (including phenoxy) is 2. The van der Waals surface area contributed by atoms with Crippen LogP contribution in [-0.2, 0) is 9.47 Å². The highest BCUT2D eigenvalue weighted by molar-refractivity contribution is 5.03. The fraction of sp³-hybridized carbons (Fsp3) is 0.538. The average molecular weight is 298 g/mol. The first kappa shape index (κ1) is 15.6. The Morgan fingerprint density at radius 1 is 1.57 bits per heavy atom. The number of aromatic nitrogens is 2. The molecule has 2 heterocycles. The first-order valence-corrected chi connectivity index (χ1v) is 6.48. The van der Waals surface area contributed by atoms with E-state index < -0.39 is 42.4 Å². The molecule has 0 amide bonds. The standard InChI is InChI=1S/C13H18N2O6/c1-3-4-20-10-9(17)8(6-16)21-12(10)15-5-7(2)11(18)14-13(15)19/h3,5,8-10,12,16-17H,1,4,6H2,2H3,(H,14,18,19)/t8-,9-,10-,12-/m1/s1. The van der Waals surface area contributed by atoms with Gasteiger partial charge in [0.05, 0.1) is 13.2 Å². The number of H-pyrrole nitrogens is 1. The molecular weight excluding hydrogens is 280 g/mol. The van der Waals surface area contributed by atoms with Crippen molar-refractivity contribution < 1.29 is 19.7 Å². The molecule has 4 atom stereocenters. The lowest BCUT2D eigenvalue weighted by Crippen LogP contribution is -2.40. The van der Waals surface area contributed by atoms with E-state index in [1.165, 1.54) is 12.3 Å². The third kappa shape index (κ3) is 2.98. The second kappa shape index (κ2) is 6.35. The monoisotopic (exact) mass is 298 g/mol. The molecule has 0 aromatic carbocycles. The minimum atomic E-state index is -1.10. The number of aliphatic hydroxyl groups excluding tert-OH is 2. The number of nitrogens with zero attached hydrogens (tertiary/aromatic N) is 1. The summed E-state index contributed by atoms with van der Waals surface area (Å²) in [6.07, 6.45) is -0.939. The Bertz CT molecular complexity index is 622. The van der Waals surface area contributed by atoms with Gasteiger partial charge in [-0.3, -0.25) is 14.3 Å². The predicted molar refractivity (Wildman–Crippen MR) is 73.0 cm³/mol. The molecule has 0 aliphatic carbocycles. The van der Waals surface area contributed by atoms with Gasteiger partial charge in [0.25, 0.3) is 5.56 Å². The Balaban J connectivity index is 2.40. The first-order chi connectivity index (χ1) is 9.99. The highest BCUT2D eigenvalue weighted by atomic mass is 16.6. The molecule has 1 aliphatic heterocycles. The van der Waals surface area contributed by atoms with Crippen molar-refractivity contribution in [1.82, 2.24) is 9.55 Å². The van der Waals surface area contributed by atoms with Crippen molar-refractivity contribution >= 4 is 0 Å². The zero-order valence-electron chi connectivity index (χ0n) is 11.6. The summed E-state index contributed by atoms with van der Waals surface area (Å²) in [5, 5.41) is 19.3. The Hall–Kier alpha value is -1.74. The van der Waals surface area contributed by atoms with E-state index in [-0.39, 0.29) is 6.61 Å². The number of aliphatic hydroxyl groups is 2. The van der Waals surface area contributed by atoms with Crippen LogP contribution in [0.15, 0.2) is 28.4 Å². The Labute approximate surface area is 120 Å². The number of aromatic amines is 1. The number of rotatable bonds is 5. The van der Waals surface area contributed by atoms with Crippen molar-refractivity contribution in [2.45, 2.75) is 31.5 Å². The number of nitrogens with one attached hydrogen (secondary N) is 1. The molecule has 3 N–H and O–H groups in total. The summed E-state index contributed by atoms with van der Waals surface area (Å²) in [4.78, 5) is 25.5. The molecule has 21 heavy (non-hydrogen) atoms. The van der Waals surface area contributed by atoms with E-state index in [1.807, 2.05) is 0 Å². The van der Waals surface area contributed by atoms with Gasteiger partial charge in [0.1, 0.15) is 18.3 Å². The topological polar surface area (TPSA) is 114 Å². The number of aryl methyl sites for hydroxylation is 1. The summed E-state index contributed by atoms with van der Waals surface area (Å²) in [5.41, 5.74) is -0.840. The van der Waals surface area contributed by atoms with Crippen LogP contribution in [-0.4, -0.2) is 51.3 Å². The fourth-order valence-electron chi connectivity index (χ4n) is 2.23. The predicted octanol–water partition coefficient (Wildman–Crippen LogP) is -1.33. The number of hydrogen-bond donors (Lipinski definition) is 3. The molecular formula is C13H18N2O6. The van der Waals surface area contributed by atoms with Crippen molar-refractivity contribution in [3.05, 3.63) is 45.3 Å². The molecule has 1 fully saturated rings. The minimum Gasteiger partial charge on any atom is -0.394 e. The molecule has 1 aromatic heterocycles. The maximum Gasteiger partial charge on any atom is 0.330 e. The van der Waals surface area contributed by atoms with Gasteiger partial charge in [0.15, 0.2) is 6.23 Å². The third-order valence-electron chi connectivity index (χ3n) is 3.32. The van der Waals surface area contributed by atoms with Crippen molar-refractivity contribution in [2.75, 3.05) is 13.2 Å². The van der Waals surface area contributed by atoms with Crippen LogP contribution in [0.5, 0.6) is 0 Å². The van der Waals surface area contributed by atoms with E-state index in [1.54, 1.807) is 6.92 Å². The van der Waals surface area contributed by atoms with E-state index in [9.17, 15) is 19.8 Å². The van der Waals surface area contributed by atoms with E-state index in [0.717, 1.165) is 4.57 Å². The Morgan fingerprint density at radius 2 is 2.29 bits per heavy atom. The van der Waals surface area contributed by atoms with Gasteiger partial charge in [-0.15, -0.1) is 6.58 Å². The quantitative estimate of drug-likeness (QED) is 0.580. The van der Waals surface area contributed by atoms with Crippen LogP contribution >= 0.6 is 0 Å². The van der Waals surface area contributed by atoms with Crippen LogP contribution in [0.2, 0.25) is 0 Å². The van der Waals surface area contributed by atoms with E-state index in [2.05, 4.69) is 11.6 Å². The normalized spacial score (nSPS) is 28.7. The fourth-order valence-corrected chi connectivity index (χ4v) is 2.23. The molecule has 1 aliphatic rings. The van der Waals surface area contributed by atoms with Crippen LogP contribution in [0, 0.1) is 6.92 Å². The van der Waals surface area contributed by atoms with Gasteiger partial charge in [-0.2, -0.15) is 0 Å². The molecule has 1 aromatic rings. The molecule has 116 valence electrons. The highest BCUT2D eigenvalue weighted by Gasteiger charge is 2.45. The molecule has 0 bridgehead atoms. The average Bonchev–Trinajstić information content (AvgIpc) is 2.77. The lowest BCUT2D eigenvalue weighted by molar-refractivity contribution is -0.0687. The maximum atomic E-state index is 11.9. The molecule has 2 rings (SSSR count). The smallest absolute Gasteiger partial charge is 0.330 e. The zero-order valence-corrected chi connectivity index (χ0v) is 11.6. The maximum absolute atomic E-state index is 11.9. The summed E-state index contributed by atoms with van der Waals surface area (Å²) in [6.45, 7) is 4.79. The summed E-state index contributed by atoms with van der Waals surface area (Å²) in [6, 6.07) is 0. The second-order valence-corrected chi connectivity index (χ2v) is 4.80. The molecule has 0 unspecified atom stereocenters. The third-order valence-corrected chi connectivity index (χ3v) is 3.32. The second-order valence-electron chi connectivity index (χ2n) is 4.80. The van der Waals surface area contributed by atoms with Gasteiger partial charge in [-0.25, -0.2) is 4.79 Å². The van der Waals surface area contributed by atoms with Crippen LogP contribution in [0.25, 0.3) is 0 Å². The molecule has 0 spiro atoms. The highest BCUT2D eigenvalue weighted by Crippen LogP contribution is 2.30. The molecule has 0 saturated carbocycles. The van der Waals surface area contributed by atoms with Crippen LogP contribution in [0.4, 0.5) is 0 Å². The largest absolute Gasteiger partial charge is 0.394 e. The molecule has 1 saturated heterocycles. The van der Waals surface area contributed by atoms with Crippen molar-refractivity contribution in [3.8, 4) is 0 Å². The molecule has 0 radical (unpaired) electrons. The Morgan fingerprint density at radius 3 is 2.90 bits per heavy atom. The Kier molecular flexibility index (Phi) is 4.73. The lowest BCUT2D eigenvalue weighted by atomic mass is 10.1. The molecule has 8 nitrogen and oxygen atoms in total. The van der Waals surface area contributed by atoms with Gasteiger partial charge in [-0.05, 0) is 6.92 Å². The summed E-state index contributed by atoms with van der Waals surface area (Å²) < 4.78 is 12.1. The van der Waals surface area contributed by atoms with Crippen LogP contribution < -0.4 is 11.2 Å². The number of hydrogen-bond acceptors (Lipinski definition) is 6. The molecule has 8 heteroatoms. The van der Waals surface area contributed by atoms with E-state index in [0.29, 0.717) is 5.56 Å². The van der Waals surface area contributed by atoms with E-state index >= 15 is 0 Å². The van der Waals surface area contributed by atoms with Gasteiger partial charge in [0.2, 0.25) is 0 Å². The van der Waals surface area contributed by atoms with Gasteiger partial charge in [0, 0.05) is 11.8 Å². The van der Waals surface area contributed by atoms with E-state index in [4.69, 9.17) is 9.47 Å². The van der Waals surface area contributed by atoms with Gasteiger partial charge in [-0.1, -0.05) is 6.08 Å². The van der Waals surface area contributed by atoms with Crippen LogP contribution in [0.3, 0.4) is 0 Å². The summed E-state index contributed by atoms with van der Waals surface area (Å²) in [5.74, 6) is 0. The SMILES string of the molecule is C=CCO[C@@H]1[C@H](O)[C@@H](CO)O[C@H]1n1cc(C)c(=O)[nH]c1=O. The summed E-state index contributed by atoms with van der Waals surface area (Å²) in [7, 11) is 0. The van der Waals surface area contributed by atoms with Gasteiger partial charge < -0.3 is 19.7 Å². The van der Waals surface area contributed by atoms with Crippen molar-refractivity contribution in [2.24, 2.45) is 0 Å². The zero-order chi connectivity index (χ0) is 15.6. The summed E-state index contributed by atoms with van der Waals surface area (Å²) >= 11 is 0. The van der Waals surface area contributed by atoms with Gasteiger partial charge >= 0.3 is 5.69 Å². The van der Waals surface area contributed by atoms with Crippen LogP contribution in [0.1, 0.15) is 11.8 Å². The first-order valence-electron chi connectivity index (χ1n) is 6.48. The van der Waals surface area contributed by atoms with Crippen molar-refractivity contribution in [1.29, 1.82) is 0 Å². The lowest BCUT2D eigenvalue weighted by Gasteiger charge is -2.21.